The van der Waals surface area contributed by atoms with Crippen molar-refractivity contribution in [3.05, 3.63) is 66.1 Å². The predicted molar refractivity (Wildman–Crippen MR) is 117 cm³/mol. The van der Waals surface area contributed by atoms with Crippen LogP contribution >= 0.6 is 0 Å². The molecule has 0 N–H and O–H groups in total. The van der Waals surface area contributed by atoms with Gasteiger partial charge in [0.2, 0.25) is 0 Å². The van der Waals surface area contributed by atoms with Gasteiger partial charge in [0.05, 0.1) is 12.3 Å². The summed E-state index contributed by atoms with van der Waals surface area (Å²) in [6.45, 7) is 3.47. The van der Waals surface area contributed by atoms with Crippen LogP contribution in [0.2, 0.25) is 0 Å². The van der Waals surface area contributed by atoms with E-state index in [0.717, 1.165) is 17.1 Å². The van der Waals surface area contributed by atoms with Crippen LogP contribution in [0, 0.1) is 0 Å². The topological polar surface area (TPSA) is 67.2 Å². The van der Waals surface area contributed by atoms with Crippen LogP contribution in [0.4, 0.5) is 0 Å². The highest BCUT2D eigenvalue weighted by molar-refractivity contribution is 7.86. The lowest BCUT2D eigenvalue weighted by atomic mass is 9.71. The van der Waals surface area contributed by atoms with Gasteiger partial charge < -0.3 is 9.14 Å². The number of piperidine rings is 1. The van der Waals surface area contributed by atoms with Gasteiger partial charge >= 0.3 is 0 Å². The summed E-state index contributed by atoms with van der Waals surface area (Å²) in [4.78, 5) is 4.95. The molecule has 0 atom stereocenters. The van der Waals surface area contributed by atoms with Crippen LogP contribution in [0.5, 0.6) is 5.75 Å². The fraction of sp³-hybridized carbons (Fsp3) is 0.409. The van der Waals surface area contributed by atoms with E-state index in [4.69, 9.17) is 9.72 Å². The zero-order chi connectivity index (χ0) is 21.4. The smallest absolute Gasteiger partial charge is 0.281 e. The second-order valence-electron chi connectivity index (χ2n) is 7.82. The molecule has 3 heterocycles. The van der Waals surface area contributed by atoms with E-state index in [1.807, 2.05) is 47.9 Å². The fourth-order valence-corrected chi connectivity index (χ4v) is 5.34. The van der Waals surface area contributed by atoms with E-state index in [2.05, 4.69) is 18.3 Å². The Kier molecular flexibility index (Phi) is 5.57. The number of benzene rings is 1. The first-order valence-corrected chi connectivity index (χ1v) is 11.6. The molecule has 8 heteroatoms. The minimum absolute atomic E-state index is 0.336. The third kappa shape index (κ3) is 3.59. The maximum Gasteiger partial charge on any atom is 0.281 e. The van der Waals surface area contributed by atoms with Gasteiger partial charge in [-0.3, -0.25) is 0 Å². The average Bonchev–Trinajstić information content (AvgIpc) is 3.18. The molecule has 160 valence electrons. The SMILES string of the molecule is CCOc1ccn2cc(C3(c4ccccc4)CCN(S(=O)(=O)N(C)C)CC3)nc2c1. The Morgan fingerprint density at radius 3 is 2.47 bits per heavy atom. The van der Waals surface area contributed by atoms with Crippen LogP contribution < -0.4 is 4.74 Å². The van der Waals surface area contributed by atoms with Crippen molar-refractivity contribution in [1.29, 1.82) is 0 Å². The lowest BCUT2D eigenvalue weighted by molar-refractivity contribution is 0.252. The van der Waals surface area contributed by atoms with Crippen molar-refractivity contribution in [2.24, 2.45) is 0 Å². The summed E-state index contributed by atoms with van der Waals surface area (Å²) in [6.07, 6.45) is 5.37. The molecule has 1 aliphatic heterocycles. The normalized spacial score (nSPS) is 17.5. The molecule has 7 nitrogen and oxygen atoms in total. The second-order valence-corrected chi connectivity index (χ2v) is 9.97. The van der Waals surface area contributed by atoms with Gasteiger partial charge in [-0.1, -0.05) is 30.3 Å². The Labute approximate surface area is 178 Å². The van der Waals surface area contributed by atoms with Crippen LogP contribution in [0.3, 0.4) is 0 Å². The van der Waals surface area contributed by atoms with Crippen molar-refractivity contribution in [3.8, 4) is 5.75 Å². The average molecular weight is 429 g/mol. The van der Waals surface area contributed by atoms with Crippen LogP contribution in [-0.4, -0.2) is 60.2 Å². The Bertz CT molecular complexity index is 1120. The summed E-state index contributed by atoms with van der Waals surface area (Å²) in [5.74, 6) is 0.794. The van der Waals surface area contributed by atoms with Crippen LogP contribution in [0.15, 0.2) is 54.9 Å². The molecule has 0 unspecified atom stereocenters. The maximum atomic E-state index is 12.6. The molecule has 4 rings (SSSR count). The molecule has 0 bridgehead atoms. The molecule has 0 saturated carbocycles. The van der Waals surface area contributed by atoms with Gasteiger partial charge in [-0.05, 0) is 31.4 Å². The van der Waals surface area contributed by atoms with E-state index in [1.54, 1.807) is 18.4 Å². The summed E-state index contributed by atoms with van der Waals surface area (Å²) < 4.78 is 35.7. The van der Waals surface area contributed by atoms with Crippen molar-refractivity contribution in [1.82, 2.24) is 18.0 Å². The zero-order valence-corrected chi connectivity index (χ0v) is 18.5. The molecule has 2 aromatic heterocycles. The molecular formula is C22H28N4O3S. The van der Waals surface area contributed by atoms with E-state index in [1.165, 1.54) is 9.87 Å². The quantitative estimate of drug-likeness (QED) is 0.606. The van der Waals surface area contributed by atoms with Crippen LogP contribution in [0.1, 0.15) is 31.0 Å². The van der Waals surface area contributed by atoms with E-state index in [-0.39, 0.29) is 5.41 Å². The molecule has 1 aliphatic rings. The number of hydrogen-bond acceptors (Lipinski definition) is 4. The van der Waals surface area contributed by atoms with E-state index >= 15 is 0 Å². The third-order valence-electron chi connectivity index (χ3n) is 5.92. The first kappa shape index (κ1) is 20.8. The monoisotopic (exact) mass is 428 g/mol. The van der Waals surface area contributed by atoms with Crippen molar-refractivity contribution in [3.63, 3.8) is 0 Å². The third-order valence-corrected chi connectivity index (χ3v) is 7.86. The molecule has 0 radical (unpaired) electrons. The molecule has 3 aromatic rings. The van der Waals surface area contributed by atoms with E-state index < -0.39 is 10.2 Å². The number of pyridine rings is 1. The molecule has 1 saturated heterocycles. The van der Waals surface area contributed by atoms with Gasteiger partial charge in [0.1, 0.15) is 11.4 Å². The van der Waals surface area contributed by atoms with Crippen LogP contribution in [-0.2, 0) is 15.6 Å². The summed E-state index contributed by atoms with van der Waals surface area (Å²) in [6, 6.07) is 14.2. The lowest BCUT2D eigenvalue weighted by Gasteiger charge is -2.41. The molecule has 30 heavy (non-hydrogen) atoms. The van der Waals surface area contributed by atoms with Crippen molar-refractivity contribution < 1.29 is 13.2 Å². The largest absolute Gasteiger partial charge is 0.494 e. The first-order chi connectivity index (χ1) is 14.4. The summed E-state index contributed by atoms with van der Waals surface area (Å²) in [5, 5.41) is 0. The second kappa shape index (κ2) is 8.02. The molecule has 0 amide bonds. The first-order valence-electron chi connectivity index (χ1n) is 10.2. The Balaban J connectivity index is 1.75. The number of fused-ring (bicyclic) bond motifs is 1. The number of aromatic nitrogens is 2. The highest BCUT2D eigenvalue weighted by atomic mass is 32.2. The summed E-state index contributed by atoms with van der Waals surface area (Å²) in [7, 11) is -0.275. The Morgan fingerprint density at radius 2 is 1.83 bits per heavy atom. The molecule has 0 spiro atoms. The number of imidazole rings is 1. The molecule has 1 fully saturated rings. The van der Waals surface area contributed by atoms with Crippen molar-refractivity contribution in [2.75, 3.05) is 33.8 Å². The zero-order valence-electron chi connectivity index (χ0n) is 17.7. The lowest BCUT2D eigenvalue weighted by Crippen LogP contribution is -2.49. The maximum absolute atomic E-state index is 12.6. The Hall–Kier alpha value is -2.42. The molecule has 1 aromatic carbocycles. The van der Waals surface area contributed by atoms with Crippen LogP contribution in [0.25, 0.3) is 5.65 Å². The van der Waals surface area contributed by atoms with Crippen molar-refractivity contribution in [2.45, 2.75) is 25.2 Å². The van der Waals surface area contributed by atoms with Gasteiger partial charge in [0, 0.05) is 51.1 Å². The number of hydrogen-bond donors (Lipinski definition) is 0. The predicted octanol–water partition coefficient (Wildman–Crippen LogP) is 2.92. The van der Waals surface area contributed by atoms with Crippen molar-refractivity contribution >= 4 is 15.9 Å². The van der Waals surface area contributed by atoms with Gasteiger partial charge in [-0.25, -0.2) is 4.98 Å². The number of ether oxygens (including phenoxy) is 1. The Morgan fingerprint density at radius 1 is 1.13 bits per heavy atom. The highest BCUT2D eigenvalue weighted by Gasteiger charge is 2.42. The van der Waals surface area contributed by atoms with Gasteiger partial charge in [0.25, 0.3) is 10.2 Å². The minimum Gasteiger partial charge on any atom is -0.494 e. The van der Waals surface area contributed by atoms with E-state index in [0.29, 0.717) is 32.5 Å². The molecular weight excluding hydrogens is 400 g/mol. The molecule has 0 aliphatic carbocycles. The van der Waals surface area contributed by atoms with E-state index in [9.17, 15) is 8.42 Å². The van der Waals surface area contributed by atoms with Gasteiger partial charge in [0.15, 0.2) is 0 Å². The summed E-state index contributed by atoms with van der Waals surface area (Å²) >= 11 is 0. The number of rotatable bonds is 6. The summed E-state index contributed by atoms with van der Waals surface area (Å²) in [5.41, 5.74) is 2.62. The van der Waals surface area contributed by atoms with Gasteiger partial charge in [-0.15, -0.1) is 0 Å². The fourth-order valence-electron chi connectivity index (χ4n) is 4.23. The number of nitrogens with zero attached hydrogens (tertiary/aromatic N) is 4. The van der Waals surface area contributed by atoms with Gasteiger partial charge in [-0.2, -0.15) is 17.0 Å². The highest BCUT2D eigenvalue weighted by Crippen LogP contribution is 2.42. The standard InChI is InChI=1S/C22H28N4O3S/c1-4-29-19-10-13-25-17-20(23-21(25)16-19)22(18-8-6-5-7-9-18)11-14-26(15-12-22)30(27,28)24(2)3/h5-10,13,16-17H,4,11-12,14-15H2,1-3H3. The minimum atomic E-state index is -3.43.